The van der Waals surface area contributed by atoms with Gasteiger partial charge >= 0.3 is 12.1 Å². The van der Waals surface area contributed by atoms with Gasteiger partial charge in [0, 0.05) is 12.2 Å². The molecule has 0 aliphatic carbocycles. The van der Waals surface area contributed by atoms with Gasteiger partial charge in [-0.3, -0.25) is 4.90 Å². The van der Waals surface area contributed by atoms with Crippen LogP contribution in [-0.2, 0) is 0 Å². The van der Waals surface area contributed by atoms with E-state index in [1.807, 2.05) is 31.2 Å². The summed E-state index contributed by atoms with van der Waals surface area (Å²) < 4.78 is 5.58. The van der Waals surface area contributed by atoms with Crippen LogP contribution in [0.15, 0.2) is 47.1 Å². The molecule has 0 bridgehead atoms. The number of nitrogens with one attached hydrogen (secondary N) is 3. The van der Waals surface area contributed by atoms with Crippen molar-refractivity contribution < 1.29 is 14.0 Å². The number of carbonyl (C=O) groups is 2. The first-order valence-corrected chi connectivity index (χ1v) is 9.51. The van der Waals surface area contributed by atoms with Crippen LogP contribution in [0.2, 0.25) is 0 Å². The third kappa shape index (κ3) is 5.26. The quantitative estimate of drug-likeness (QED) is 0.587. The minimum absolute atomic E-state index is 0.0395. The van der Waals surface area contributed by atoms with Crippen molar-refractivity contribution >= 4 is 17.7 Å². The number of anilines is 1. The van der Waals surface area contributed by atoms with E-state index in [0.717, 1.165) is 24.4 Å². The van der Waals surface area contributed by atoms with Crippen molar-refractivity contribution in [1.82, 2.24) is 15.5 Å². The van der Waals surface area contributed by atoms with E-state index >= 15 is 0 Å². The molecule has 1 fully saturated rings. The van der Waals surface area contributed by atoms with Gasteiger partial charge in [0.05, 0.1) is 18.3 Å². The smallest absolute Gasteiger partial charge is 0.316 e. The van der Waals surface area contributed by atoms with Crippen LogP contribution in [0.1, 0.15) is 43.2 Å². The highest BCUT2D eigenvalue weighted by Crippen LogP contribution is 2.25. The normalized spacial score (nSPS) is 16.3. The lowest BCUT2D eigenvalue weighted by molar-refractivity contribution is 0.202. The molecule has 28 heavy (non-hydrogen) atoms. The number of likely N-dealkylation sites (tertiary alicyclic amines) is 1. The van der Waals surface area contributed by atoms with Gasteiger partial charge in [-0.2, -0.15) is 0 Å². The van der Waals surface area contributed by atoms with E-state index in [2.05, 4.69) is 20.9 Å². The largest absolute Gasteiger partial charge is 0.468 e. The number of urea groups is 2. The molecule has 0 saturated carbocycles. The predicted molar refractivity (Wildman–Crippen MR) is 107 cm³/mol. The lowest BCUT2D eigenvalue weighted by Crippen LogP contribution is -2.42. The third-order valence-corrected chi connectivity index (χ3v) is 4.93. The Kier molecular flexibility index (Phi) is 6.54. The zero-order valence-corrected chi connectivity index (χ0v) is 16.0. The molecule has 8 heteroatoms. The van der Waals surface area contributed by atoms with Gasteiger partial charge in [0.2, 0.25) is 0 Å². The first-order chi connectivity index (χ1) is 13.5. The number of nitrogens with zero attached hydrogens (tertiary/aromatic N) is 1. The number of amides is 4. The van der Waals surface area contributed by atoms with Gasteiger partial charge in [-0.15, -0.1) is 0 Å². The lowest BCUT2D eigenvalue weighted by atomic mass is 10.1. The Labute approximate surface area is 164 Å². The molecule has 8 nitrogen and oxygen atoms in total. The molecule has 3 rings (SSSR count). The van der Waals surface area contributed by atoms with Gasteiger partial charge < -0.3 is 26.1 Å². The van der Waals surface area contributed by atoms with Gasteiger partial charge in [-0.25, -0.2) is 9.59 Å². The summed E-state index contributed by atoms with van der Waals surface area (Å²) in [6.07, 6.45) is 4.00. The first kappa shape index (κ1) is 19.8. The highest BCUT2D eigenvalue weighted by Gasteiger charge is 2.26. The van der Waals surface area contributed by atoms with Gasteiger partial charge in [0.1, 0.15) is 5.76 Å². The van der Waals surface area contributed by atoms with E-state index in [-0.39, 0.29) is 18.1 Å². The maximum Gasteiger partial charge on any atom is 0.316 e. The van der Waals surface area contributed by atoms with E-state index in [0.29, 0.717) is 12.2 Å². The highest BCUT2D eigenvalue weighted by molar-refractivity contribution is 5.87. The maximum absolute atomic E-state index is 12.4. The van der Waals surface area contributed by atoms with Crippen LogP contribution >= 0.6 is 0 Å². The Morgan fingerprint density at radius 1 is 1.18 bits per heavy atom. The summed E-state index contributed by atoms with van der Waals surface area (Å²) in [7, 11) is 0. The van der Waals surface area contributed by atoms with Crippen LogP contribution in [0.25, 0.3) is 0 Å². The zero-order valence-electron chi connectivity index (χ0n) is 16.0. The summed E-state index contributed by atoms with van der Waals surface area (Å²) in [6, 6.07) is 10.0. The summed E-state index contributed by atoms with van der Waals surface area (Å²) in [4.78, 5) is 25.6. The van der Waals surface area contributed by atoms with Crippen molar-refractivity contribution in [2.75, 3.05) is 25.0 Å². The lowest BCUT2D eigenvalue weighted by Gasteiger charge is -2.26. The molecule has 1 saturated heterocycles. The van der Waals surface area contributed by atoms with Crippen LogP contribution < -0.4 is 21.7 Å². The monoisotopic (exact) mass is 385 g/mol. The topological polar surface area (TPSA) is 113 Å². The van der Waals surface area contributed by atoms with Crippen molar-refractivity contribution in [3.63, 3.8) is 0 Å². The molecule has 2 atom stereocenters. The van der Waals surface area contributed by atoms with Gasteiger partial charge in [-0.1, -0.05) is 12.1 Å². The molecule has 1 aliphatic rings. The van der Waals surface area contributed by atoms with E-state index < -0.39 is 6.03 Å². The number of primary amides is 1. The Hall–Kier alpha value is -3.00. The van der Waals surface area contributed by atoms with Crippen LogP contribution in [0.4, 0.5) is 15.3 Å². The minimum Gasteiger partial charge on any atom is -0.468 e. The number of carbonyl (C=O) groups excluding carboxylic acids is 2. The zero-order chi connectivity index (χ0) is 19.9. The molecular weight excluding hydrogens is 358 g/mol. The molecular formula is C20H27N5O3. The van der Waals surface area contributed by atoms with Crippen LogP contribution in [0.3, 0.4) is 0 Å². The SMILES string of the molecule is C[C@H](NC(=O)NC[C@@H](c1ccco1)N1CCCC1)c1ccc(NC(N)=O)cc1. The fourth-order valence-electron chi connectivity index (χ4n) is 3.46. The number of nitrogens with two attached hydrogens (primary N) is 1. The average molecular weight is 385 g/mol. The minimum atomic E-state index is -0.609. The third-order valence-electron chi connectivity index (χ3n) is 4.93. The van der Waals surface area contributed by atoms with Crippen LogP contribution in [0, 0.1) is 0 Å². The molecule has 1 aromatic carbocycles. The summed E-state index contributed by atoms with van der Waals surface area (Å²) in [5.41, 5.74) is 6.64. The van der Waals surface area contributed by atoms with Crippen molar-refractivity contribution in [2.24, 2.45) is 5.73 Å². The van der Waals surface area contributed by atoms with Crippen molar-refractivity contribution in [3.05, 3.63) is 54.0 Å². The Bertz CT molecular complexity index is 770. The number of hydrogen-bond donors (Lipinski definition) is 4. The molecule has 0 unspecified atom stereocenters. The molecule has 0 radical (unpaired) electrons. The van der Waals surface area contributed by atoms with Gasteiger partial charge in [0.25, 0.3) is 0 Å². The number of rotatable bonds is 7. The van der Waals surface area contributed by atoms with Crippen LogP contribution in [0.5, 0.6) is 0 Å². The summed E-state index contributed by atoms with van der Waals surface area (Å²) in [5, 5.41) is 8.41. The second kappa shape index (κ2) is 9.27. The molecule has 2 aromatic rings. The molecule has 150 valence electrons. The molecule has 0 spiro atoms. The molecule has 4 amide bonds. The Morgan fingerprint density at radius 2 is 1.89 bits per heavy atom. The standard InChI is InChI=1S/C20H27N5O3/c1-14(15-6-8-16(9-7-15)24-19(21)26)23-20(27)22-13-17(18-5-4-12-28-18)25-10-2-3-11-25/h4-9,12,14,17H,2-3,10-11,13H2,1H3,(H3,21,24,26)(H2,22,23,27)/t14-,17-/m0/s1. The maximum atomic E-state index is 12.4. The van der Waals surface area contributed by atoms with E-state index in [9.17, 15) is 9.59 Å². The summed E-state index contributed by atoms with van der Waals surface area (Å²) in [6.45, 7) is 4.40. The number of hydrogen-bond acceptors (Lipinski definition) is 4. The summed E-state index contributed by atoms with van der Waals surface area (Å²) >= 11 is 0. The highest BCUT2D eigenvalue weighted by atomic mass is 16.3. The molecule has 1 aliphatic heterocycles. The predicted octanol–water partition coefficient (Wildman–Crippen LogP) is 2.97. The van der Waals surface area contributed by atoms with Crippen molar-refractivity contribution in [3.8, 4) is 0 Å². The molecule has 1 aromatic heterocycles. The van der Waals surface area contributed by atoms with E-state index in [1.165, 1.54) is 12.8 Å². The molecule has 5 N–H and O–H groups in total. The number of benzene rings is 1. The average Bonchev–Trinajstić information content (AvgIpc) is 3.36. The Balaban J connectivity index is 1.53. The first-order valence-electron chi connectivity index (χ1n) is 9.51. The Morgan fingerprint density at radius 3 is 2.50 bits per heavy atom. The number of furan rings is 1. The second-order valence-electron chi connectivity index (χ2n) is 6.96. The van der Waals surface area contributed by atoms with Gasteiger partial charge in [-0.05, 0) is 62.7 Å². The van der Waals surface area contributed by atoms with Crippen molar-refractivity contribution in [1.29, 1.82) is 0 Å². The van der Waals surface area contributed by atoms with E-state index in [1.54, 1.807) is 18.4 Å². The fraction of sp³-hybridized carbons (Fsp3) is 0.400. The van der Waals surface area contributed by atoms with Crippen molar-refractivity contribution in [2.45, 2.75) is 31.8 Å². The second-order valence-corrected chi connectivity index (χ2v) is 6.96. The molecule has 2 heterocycles. The van der Waals surface area contributed by atoms with Gasteiger partial charge in [0.15, 0.2) is 0 Å². The fourth-order valence-corrected chi connectivity index (χ4v) is 3.46. The van der Waals surface area contributed by atoms with Crippen LogP contribution in [-0.4, -0.2) is 36.6 Å². The summed E-state index contributed by atoms with van der Waals surface area (Å²) in [5.74, 6) is 0.868. The van der Waals surface area contributed by atoms with E-state index in [4.69, 9.17) is 10.2 Å².